The minimum absolute atomic E-state index is 0.118. The van der Waals surface area contributed by atoms with Crippen LogP contribution in [-0.2, 0) is 10.0 Å². The van der Waals surface area contributed by atoms with Crippen LogP contribution in [0.2, 0.25) is 0 Å². The third-order valence-electron chi connectivity index (χ3n) is 3.85. The molecule has 0 aliphatic carbocycles. The molecule has 1 aliphatic heterocycles. The van der Waals surface area contributed by atoms with Crippen molar-refractivity contribution in [2.45, 2.75) is 10.8 Å². The number of nitrogens with zero attached hydrogens (tertiary/aromatic N) is 3. The molecular weight excluding hydrogens is 372 g/mol. The van der Waals surface area contributed by atoms with Gasteiger partial charge in [0.15, 0.2) is 0 Å². The molecule has 0 bridgehead atoms. The van der Waals surface area contributed by atoms with Crippen molar-refractivity contribution in [2.75, 3.05) is 13.1 Å². The van der Waals surface area contributed by atoms with Crippen molar-refractivity contribution >= 4 is 21.4 Å². The molecule has 4 rings (SSSR count). The molecule has 0 spiro atoms. The maximum atomic E-state index is 13.3. The van der Waals surface area contributed by atoms with Gasteiger partial charge in [-0.3, -0.25) is 0 Å². The third-order valence-corrected chi connectivity index (χ3v) is 6.53. The highest BCUT2D eigenvalue weighted by molar-refractivity contribution is 7.89. The van der Waals surface area contributed by atoms with Crippen LogP contribution >= 0.6 is 11.3 Å². The van der Waals surface area contributed by atoms with Crippen molar-refractivity contribution < 1.29 is 21.7 Å². The molecule has 0 radical (unpaired) electrons. The first kappa shape index (κ1) is 16.3. The summed E-state index contributed by atoms with van der Waals surface area (Å²) in [6, 6.07) is 5.95. The SMILES string of the molecule is O=S(=O)(c1cc(F)cc(F)c1)N1CC(c2nc(-c3cccs3)no2)C1. The summed E-state index contributed by atoms with van der Waals surface area (Å²) in [4.78, 5) is 4.73. The summed E-state index contributed by atoms with van der Waals surface area (Å²) in [5.41, 5.74) is 0. The quantitative estimate of drug-likeness (QED) is 0.692. The van der Waals surface area contributed by atoms with Gasteiger partial charge in [-0.25, -0.2) is 17.2 Å². The van der Waals surface area contributed by atoms with Crippen LogP contribution in [0.3, 0.4) is 0 Å². The van der Waals surface area contributed by atoms with Gasteiger partial charge in [0.2, 0.25) is 21.7 Å². The van der Waals surface area contributed by atoms with Crippen LogP contribution in [0.1, 0.15) is 11.8 Å². The summed E-state index contributed by atoms with van der Waals surface area (Å²) in [6.07, 6.45) is 0. The number of aromatic nitrogens is 2. The van der Waals surface area contributed by atoms with Crippen molar-refractivity contribution in [3.8, 4) is 10.7 Å². The zero-order valence-electron chi connectivity index (χ0n) is 12.6. The second-order valence-corrected chi connectivity index (χ2v) is 8.44. The summed E-state index contributed by atoms with van der Waals surface area (Å²) in [6.45, 7) is 0.235. The summed E-state index contributed by atoms with van der Waals surface area (Å²) >= 11 is 1.47. The predicted molar refractivity (Wildman–Crippen MR) is 85.5 cm³/mol. The number of hydrogen-bond acceptors (Lipinski definition) is 6. The van der Waals surface area contributed by atoms with E-state index in [2.05, 4.69) is 10.1 Å². The highest BCUT2D eigenvalue weighted by Gasteiger charge is 2.40. The maximum absolute atomic E-state index is 13.3. The molecule has 1 aromatic carbocycles. The lowest BCUT2D eigenvalue weighted by atomic mass is 10.0. The predicted octanol–water partition coefficient (Wildman–Crippen LogP) is 2.86. The Morgan fingerprint density at radius 1 is 1.20 bits per heavy atom. The fourth-order valence-corrected chi connectivity index (χ4v) is 4.75. The van der Waals surface area contributed by atoms with E-state index in [4.69, 9.17) is 4.52 Å². The van der Waals surface area contributed by atoms with Crippen LogP contribution in [0.5, 0.6) is 0 Å². The van der Waals surface area contributed by atoms with E-state index in [1.54, 1.807) is 0 Å². The standard InChI is InChI=1S/C15H11F2N3O3S2/c16-10-4-11(17)6-12(5-10)25(21,22)20-7-9(8-20)15-18-14(19-23-15)13-2-1-3-24-13/h1-6,9H,7-8H2. The molecule has 0 unspecified atom stereocenters. The van der Waals surface area contributed by atoms with Gasteiger partial charge in [0.25, 0.3) is 0 Å². The van der Waals surface area contributed by atoms with Gasteiger partial charge in [-0.1, -0.05) is 11.2 Å². The first-order chi connectivity index (χ1) is 11.9. The molecule has 1 saturated heterocycles. The van der Waals surface area contributed by atoms with Gasteiger partial charge in [0, 0.05) is 19.2 Å². The number of rotatable bonds is 4. The molecule has 10 heteroatoms. The van der Waals surface area contributed by atoms with E-state index in [0.717, 1.165) is 21.3 Å². The Balaban J connectivity index is 1.50. The Kier molecular flexibility index (Phi) is 3.89. The molecule has 0 saturated carbocycles. The smallest absolute Gasteiger partial charge is 0.243 e. The van der Waals surface area contributed by atoms with Gasteiger partial charge in [-0.15, -0.1) is 11.3 Å². The molecule has 0 amide bonds. The summed E-state index contributed by atoms with van der Waals surface area (Å²) in [5.74, 6) is -1.31. The molecular formula is C15H11F2N3O3S2. The van der Waals surface area contributed by atoms with Crippen molar-refractivity contribution in [3.63, 3.8) is 0 Å². The topological polar surface area (TPSA) is 76.3 Å². The lowest BCUT2D eigenvalue weighted by Gasteiger charge is -2.35. The Morgan fingerprint density at radius 3 is 2.56 bits per heavy atom. The third kappa shape index (κ3) is 2.96. The van der Waals surface area contributed by atoms with E-state index < -0.39 is 26.6 Å². The number of hydrogen-bond donors (Lipinski definition) is 0. The largest absolute Gasteiger partial charge is 0.339 e. The first-order valence-electron chi connectivity index (χ1n) is 7.27. The zero-order valence-corrected chi connectivity index (χ0v) is 14.2. The van der Waals surface area contributed by atoms with Crippen LogP contribution < -0.4 is 0 Å². The van der Waals surface area contributed by atoms with Crippen LogP contribution in [0.15, 0.2) is 45.1 Å². The Labute approximate surface area is 145 Å². The van der Waals surface area contributed by atoms with E-state index >= 15 is 0 Å². The summed E-state index contributed by atoms with van der Waals surface area (Å²) < 4.78 is 57.7. The summed E-state index contributed by atoms with van der Waals surface area (Å²) in [5, 5.41) is 5.78. The first-order valence-corrected chi connectivity index (χ1v) is 9.59. The minimum atomic E-state index is -3.96. The lowest BCUT2D eigenvalue weighted by Crippen LogP contribution is -2.48. The van der Waals surface area contributed by atoms with Crippen LogP contribution in [0.4, 0.5) is 8.78 Å². The van der Waals surface area contributed by atoms with Crippen molar-refractivity contribution in [3.05, 3.63) is 53.2 Å². The molecule has 25 heavy (non-hydrogen) atoms. The second kappa shape index (κ2) is 5.97. The highest BCUT2D eigenvalue weighted by Crippen LogP contribution is 2.33. The van der Waals surface area contributed by atoms with Crippen molar-refractivity contribution in [1.29, 1.82) is 0 Å². The average Bonchev–Trinajstić information content (AvgIpc) is 3.15. The second-order valence-electron chi connectivity index (χ2n) is 5.56. The van der Waals surface area contributed by atoms with E-state index in [0.29, 0.717) is 17.8 Å². The fraction of sp³-hybridized carbons (Fsp3) is 0.200. The molecule has 0 atom stereocenters. The van der Waals surface area contributed by atoms with E-state index in [1.165, 1.54) is 11.3 Å². The minimum Gasteiger partial charge on any atom is -0.339 e. The van der Waals surface area contributed by atoms with E-state index in [9.17, 15) is 17.2 Å². The number of sulfonamides is 1. The molecule has 1 fully saturated rings. The van der Waals surface area contributed by atoms with Gasteiger partial charge < -0.3 is 4.52 Å². The maximum Gasteiger partial charge on any atom is 0.243 e. The van der Waals surface area contributed by atoms with Crippen LogP contribution in [-0.4, -0.2) is 36.0 Å². The van der Waals surface area contributed by atoms with E-state index in [1.807, 2.05) is 17.5 Å². The van der Waals surface area contributed by atoms with Crippen molar-refractivity contribution in [2.24, 2.45) is 0 Å². The summed E-state index contributed by atoms with van der Waals surface area (Å²) in [7, 11) is -3.96. The van der Waals surface area contributed by atoms with Gasteiger partial charge in [0.1, 0.15) is 11.6 Å². The highest BCUT2D eigenvalue weighted by atomic mass is 32.2. The van der Waals surface area contributed by atoms with Gasteiger partial charge >= 0.3 is 0 Å². The number of benzene rings is 1. The molecule has 3 heterocycles. The number of halogens is 2. The molecule has 1 aliphatic rings. The van der Waals surface area contributed by atoms with E-state index in [-0.39, 0.29) is 19.0 Å². The van der Waals surface area contributed by atoms with Crippen LogP contribution in [0.25, 0.3) is 10.7 Å². The normalized spacial score (nSPS) is 16.1. The van der Waals surface area contributed by atoms with Crippen LogP contribution in [0, 0.1) is 11.6 Å². The zero-order chi connectivity index (χ0) is 17.6. The molecule has 3 aromatic rings. The van der Waals surface area contributed by atoms with Gasteiger partial charge in [-0.05, 0) is 23.6 Å². The molecule has 2 aromatic heterocycles. The average molecular weight is 383 g/mol. The lowest BCUT2D eigenvalue weighted by molar-refractivity contribution is 0.216. The number of thiophene rings is 1. The fourth-order valence-electron chi connectivity index (χ4n) is 2.52. The Morgan fingerprint density at radius 2 is 1.92 bits per heavy atom. The molecule has 0 N–H and O–H groups in total. The Bertz CT molecular complexity index is 992. The van der Waals surface area contributed by atoms with Gasteiger partial charge in [0.05, 0.1) is 15.7 Å². The monoisotopic (exact) mass is 383 g/mol. The van der Waals surface area contributed by atoms with Crippen molar-refractivity contribution in [1.82, 2.24) is 14.4 Å². The molecule has 130 valence electrons. The Hall–Kier alpha value is -2.17. The van der Waals surface area contributed by atoms with Gasteiger partial charge in [-0.2, -0.15) is 9.29 Å². The molecule has 6 nitrogen and oxygen atoms in total.